The maximum atomic E-state index is 10.7. The molecule has 0 aromatic rings. The third-order valence-electron chi connectivity index (χ3n) is 1.81. The molecular weight excluding hydrogens is 234 g/mol. The van der Waals surface area contributed by atoms with Gasteiger partial charge in [-0.2, -0.15) is 0 Å². The van der Waals surface area contributed by atoms with Crippen LogP contribution in [0.25, 0.3) is 0 Å². The Morgan fingerprint density at radius 2 is 2.28 bits per heavy atom. The van der Waals surface area contributed by atoms with E-state index in [2.05, 4.69) is 4.99 Å². The van der Waals surface area contributed by atoms with E-state index in [1.54, 1.807) is 32.1 Å². The Bertz CT molecular complexity index is 382. The van der Waals surface area contributed by atoms with E-state index >= 15 is 0 Å². The van der Waals surface area contributed by atoms with E-state index in [4.69, 9.17) is 10.8 Å². The highest BCUT2D eigenvalue weighted by atomic mass is 16.6. The predicted molar refractivity (Wildman–Crippen MR) is 71.8 cm³/mol. The molecule has 0 aliphatic rings. The van der Waals surface area contributed by atoms with Gasteiger partial charge in [-0.05, 0) is 26.3 Å². The van der Waals surface area contributed by atoms with E-state index in [0.29, 0.717) is 12.1 Å². The Morgan fingerprint density at radius 3 is 2.78 bits per heavy atom. The summed E-state index contributed by atoms with van der Waals surface area (Å²) in [6.07, 6.45) is 8.30. The highest BCUT2D eigenvalue weighted by molar-refractivity contribution is 5.76. The van der Waals surface area contributed by atoms with E-state index in [1.807, 2.05) is 0 Å². The largest absolute Gasteiger partial charge is 0.396 e. The minimum atomic E-state index is -0.526. The molecule has 0 rings (SSSR count). The standard InChI is InChI=1S/C12H19N3O3/c1-10(13)8-12(15(17)18)9-14-11(2)6-4-3-5-7-16/h3-4,6,8-10,16H,5,7,13H2,1-2H3/b4-3-,11-6+,12-8?,14-9?. The lowest BCUT2D eigenvalue weighted by atomic mass is 10.3. The normalized spacial score (nSPS) is 15.6. The minimum Gasteiger partial charge on any atom is -0.396 e. The number of aliphatic hydroxyl groups excluding tert-OH is 1. The van der Waals surface area contributed by atoms with Crippen LogP contribution in [0.3, 0.4) is 0 Å². The molecule has 1 unspecified atom stereocenters. The van der Waals surface area contributed by atoms with Gasteiger partial charge >= 0.3 is 0 Å². The molecule has 1 atom stereocenters. The summed E-state index contributed by atoms with van der Waals surface area (Å²) < 4.78 is 0. The molecular formula is C12H19N3O3. The van der Waals surface area contributed by atoms with Gasteiger partial charge in [0.2, 0.25) is 0 Å². The Kier molecular flexibility index (Phi) is 8.34. The molecule has 0 aliphatic heterocycles. The van der Waals surface area contributed by atoms with Crippen molar-refractivity contribution in [3.8, 4) is 0 Å². The van der Waals surface area contributed by atoms with Crippen LogP contribution in [-0.2, 0) is 0 Å². The van der Waals surface area contributed by atoms with Crippen molar-refractivity contribution in [2.75, 3.05) is 6.61 Å². The lowest BCUT2D eigenvalue weighted by molar-refractivity contribution is -0.414. The van der Waals surface area contributed by atoms with E-state index in [0.717, 1.165) is 0 Å². The van der Waals surface area contributed by atoms with Crippen molar-refractivity contribution in [2.45, 2.75) is 26.3 Å². The number of aliphatic imine (C=N–C) groups is 1. The molecule has 0 radical (unpaired) electrons. The third-order valence-corrected chi connectivity index (χ3v) is 1.81. The molecule has 6 heteroatoms. The monoisotopic (exact) mass is 253 g/mol. The molecule has 0 spiro atoms. The van der Waals surface area contributed by atoms with Gasteiger partial charge in [0.15, 0.2) is 0 Å². The summed E-state index contributed by atoms with van der Waals surface area (Å²) in [4.78, 5) is 14.1. The lowest BCUT2D eigenvalue weighted by Gasteiger charge is -1.95. The number of hydrogen-bond acceptors (Lipinski definition) is 5. The summed E-state index contributed by atoms with van der Waals surface area (Å²) in [6, 6.07) is -0.398. The van der Waals surface area contributed by atoms with Crippen molar-refractivity contribution >= 4 is 6.21 Å². The van der Waals surface area contributed by atoms with Gasteiger partial charge in [0.1, 0.15) is 6.21 Å². The van der Waals surface area contributed by atoms with Crippen LogP contribution in [0, 0.1) is 10.1 Å². The lowest BCUT2D eigenvalue weighted by Crippen LogP contribution is -2.14. The van der Waals surface area contributed by atoms with Crippen molar-refractivity contribution < 1.29 is 10.0 Å². The van der Waals surface area contributed by atoms with Crippen LogP contribution in [0.5, 0.6) is 0 Å². The third kappa shape index (κ3) is 8.37. The number of hydrogen-bond donors (Lipinski definition) is 2. The van der Waals surface area contributed by atoms with Gasteiger partial charge in [0.25, 0.3) is 5.70 Å². The topological polar surface area (TPSA) is 102 Å². The maximum absolute atomic E-state index is 10.7. The second-order valence-corrected chi connectivity index (χ2v) is 3.71. The van der Waals surface area contributed by atoms with Gasteiger partial charge in [0.05, 0.1) is 4.92 Å². The minimum absolute atomic E-state index is 0.0925. The van der Waals surface area contributed by atoms with E-state index in [-0.39, 0.29) is 12.3 Å². The fourth-order valence-corrected chi connectivity index (χ4v) is 1.01. The molecule has 0 heterocycles. The Morgan fingerprint density at radius 1 is 1.61 bits per heavy atom. The number of nitrogens with two attached hydrogens (primary N) is 1. The van der Waals surface area contributed by atoms with Crippen LogP contribution in [-0.4, -0.2) is 28.9 Å². The first kappa shape index (κ1) is 16.2. The molecule has 6 nitrogen and oxygen atoms in total. The number of aliphatic hydroxyl groups is 1. The number of nitrogens with zero attached hydrogens (tertiary/aromatic N) is 2. The average Bonchev–Trinajstić information content (AvgIpc) is 2.29. The van der Waals surface area contributed by atoms with Crippen LogP contribution in [0.2, 0.25) is 0 Å². The first-order valence-corrected chi connectivity index (χ1v) is 5.57. The fourth-order valence-electron chi connectivity index (χ4n) is 1.01. The van der Waals surface area contributed by atoms with Crippen molar-refractivity contribution in [3.63, 3.8) is 0 Å². The molecule has 0 bridgehead atoms. The Balaban J connectivity index is 4.64. The van der Waals surface area contributed by atoms with Gasteiger partial charge in [-0.15, -0.1) is 0 Å². The zero-order chi connectivity index (χ0) is 14.0. The molecule has 0 saturated carbocycles. The number of nitro groups is 1. The van der Waals surface area contributed by atoms with Crippen LogP contribution in [0.4, 0.5) is 0 Å². The molecule has 0 aliphatic carbocycles. The van der Waals surface area contributed by atoms with E-state index < -0.39 is 11.0 Å². The number of rotatable bonds is 7. The molecule has 18 heavy (non-hydrogen) atoms. The molecule has 3 N–H and O–H groups in total. The second kappa shape index (κ2) is 9.26. The van der Waals surface area contributed by atoms with Gasteiger partial charge < -0.3 is 10.8 Å². The van der Waals surface area contributed by atoms with Gasteiger partial charge in [-0.1, -0.05) is 12.2 Å². The van der Waals surface area contributed by atoms with Crippen molar-refractivity contribution in [2.24, 2.45) is 10.7 Å². The highest BCUT2D eigenvalue weighted by Crippen LogP contribution is 1.99. The van der Waals surface area contributed by atoms with E-state index in [1.165, 1.54) is 12.3 Å². The van der Waals surface area contributed by atoms with Crippen LogP contribution in [0.15, 0.2) is 40.7 Å². The zero-order valence-corrected chi connectivity index (χ0v) is 10.6. The summed E-state index contributed by atoms with van der Waals surface area (Å²) >= 11 is 0. The van der Waals surface area contributed by atoms with Crippen molar-refractivity contribution in [1.29, 1.82) is 0 Å². The highest BCUT2D eigenvalue weighted by Gasteiger charge is 2.07. The van der Waals surface area contributed by atoms with Crippen LogP contribution >= 0.6 is 0 Å². The van der Waals surface area contributed by atoms with Crippen molar-refractivity contribution in [3.05, 3.63) is 45.8 Å². The molecule has 0 fully saturated rings. The first-order valence-electron chi connectivity index (χ1n) is 5.57. The SMILES string of the molecule is C/C(=C\C=C/CCO)N=CC(=CC(C)N)[N+](=O)[O-]. The maximum Gasteiger partial charge on any atom is 0.285 e. The Labute approximate surface area is 106 Å². The summed E-state index contributed by atoms with van der Waals surface area (Å²) in [6.45, 7) is 3.47. The van der Waals surface area contributed by atoms with Crippen LogP contribution < -0.4 is 5.73 Å². The second-order valence-electron chi connectivity index (χ2n) is 3.71. The first-order chi connectivity index (χ1) is 8.47. The fraction of sp³-hybridized carbons (Fsp3) is 0.417. The van der Waals surface area contributed by atoms with Gasteiger partial charge in [0, 0.05) is 24.4 Å². The molecule has 0 aromatic carbocycles. The summed E-state index contributed by atoms with van der Waals surface area (Å²) in [5, 5.41) is 19.2. The predicted octanol–water partition coefficient (Wildman–Crippen LogP) is 1.41. The molecule has 0 saturated heterocycles. The molecule has 0 aromatic heterocycles. The van der Waals surface area contributed by atoms with Crippen LogP contribution in [0.1, 0.15) is 20.3 Å². The quantitative estimate of drug-likeness (QED) is 0.310. The Hall–Kier alpha value is -1.79. The van der Waals surface area contributed by atoms with Gasteiger partial charge in [-0.25, -0.2) is 0 Å². The van der Waals surface area contributed by atoms with Gasteiger partial charge in [-0.3, -0.25) is 15.1 Å². The summed E-state index contributed by atoms with van der Waals surface area (Å²) in [5.74, 6) is 0. The van der Waals surface area contributed by atoms with E-state index in [9.17, 15) is 10.1 Å². The zero-order valence-electron chi connectivity index (χ0n) is 10.6. The molecule has 100 valence electrons. The summed E-state index contributed by atoms with van der Waals surface area (Å²) in [7, 11) is 0. The van der Waals surface area contributed by atoms with Crippen molar-refractivity contribution in [1.82, 2.24) is 0 Å². The average molecular weight is 253 g/mol. The smallest absolute Gasteiger partial charge is 0.285 e. The molecule has 0 amide bonds. The number of allylic oxidation sites excluding steroid dienone is 4. The summed E-state index contributed by atoms with van der Waals surface area (Å²) in [5.41, 5.74) is 5.96.